The first-order chi connectivity index (χ1) is 7.83. The minimum Gasteiger partial charge on any atom is -0.434 e. The van der Waals surface area contributed by atoms with E-state index in [0.29, 0.717) is 11.6 Å². The molecule has 0 saturated heterocycles. The van der Waals surface area contributed by atoms with E-state index < -0.39 is 0 Å². The van der Waals surface area contributed by atoms with Crippen LogP contribution in [0, 0.1) is 0 Å². The van der Waals surface area contributed by atoms with Crippen LogP contribution in [0.1, 0.15) is 5.89 Å². The number of rotatable bonds is 1. The van der Waals surface area contributed by atoms with E-state index >= 15 is 0 Å². The van der Waals surface area contributed by atoms with Crippen LogP contribution in [-0.2, 0) is 0 Å². The zero-order valence-corrected chi connectivity index (χ0v) is 8.34. The summed E-state index contributed by atoms with van der Waals surface area (Å²) in [5, 5.41) is 0. The van der Waals surface area contributed by atoms with Crippen molar-refractivity contribution in [2.24, 2.45) is 4.99 Å². The third kappa shape index (κ3) is 1.38. The number of allylic oxidation sites excluding steroid dienone is 3. The lowest BCUT2D eigenvalue weighted by molar-refractivity contribution is 0.585. The Bertz CT molecular complexity index is 635. The van der Waals surface area contributed by atoms with Crippen LogP contribution in [0.3, 0.4) is 0 Å². The molecule has 0 fully saturated rings. The Balaban J connectivity index is 2.15. The summed E-state index contributed by atoms with van der Waals surface area (Å²) in [7, 11) is 0. The standard InChI is InChI=1S/C12H8N3O/c13-9-3-4-11-10(6-9)15-12(16-11)8-2-1-5-14-7-8/h1-4,6-7H,13H2/q+1. The Morgan fingerprint density at radius 1 is 1.31 bits per heavy atom. The highest BCUT2D eigenvalue weighted by Gasteiger charge is 2.14. The van der Waals surface area contributed by atoms with Gasteiger partial charge in [0.2, 0.25) is 0 Å². The van der Waals surface area contributed by atoms with Crippen LogP contribution in [0.15, 0.2) is 46.0 Å². The fraction of sp³-hybridized carbons (Fsp3) is 0. The van der Waals surface area contributed by atoms with Crippen LogP contribution in [0.4, 0.5) is 5.69 Å². The molecule has 0 amide bonds. The minimum atomic E-state index is 0.544. The van der Waals surface area contributed by atoms with Crippen molar-refractivity contribution in [1.82, 2.24) is 4.98 Å². The van der Waals surface area contributed by atoms with Gasteiger partial charge < -0.3 is 10.2 Å². The van der Waals surface area contributed by atoms with Crippen molar-refractivity contribution in [3.8, 4) is 0 Å². The van der Waals surface area contributed by atoms with Crippen molar-refractivity contribution < 1.29 is 4.42 Å². The number of nitrogens with zero attached hydrogens (tertiary/aromatic N) is 2. The molecule has 1 aromatic heterocycles. The summed E-state index contributed by atoms with van der Waals surface area (Å²) in [6.45, 7) is 0. The van der Waals surface area contributed by atoms with E-state index in [1.165, 1.54) is 0 Å². The predicted octanol–water partition coefficient (Wildman–Crippen LogP) is 2.27. The normalized spacial score (nSPS) is 13.9. The lowest BCUT2D eigenvalue weighted by atomic mass is 10.2. The molecule has 0 unspecified atom stereocenters. The number of nitrogens with two attached hydrogens (primary N) is 1. The molecule has 2 N–H and O–H groups in total. The topological polar surface area (TPSA) is 64.4 Å². The number of hydrogen-bond donors (Lipinski definition) is 1. The molecule has 0 saturated carbocycles. The van der Waals surface area contributed by atoms with Gasteiger partial charge in [-0.1, -0.05) is 4.99 Å². The molecule has 1 aliphatic rings. The summed E-state index contributed by atoms with van der Waals surface area (Å²) in [5.41, 5.74) is 8.65. The van der Waals surface area contributed by atoms with Gasteiger partial charge in [0.05, 0.1) is 6.08 Å². The van der Waals surface area contributed by atoms with Gasteiger partial charge in [-0.25, -0.2) is 4.98 Å². The van der Waals surface area contributed by atoms with Crippen molar-refractivity contribution in [3.63, 3.8) is 0 Å². The summed E-state index contributed by atoms with van der Waals surface area (Å²) < 4.78 is 5.59. The summed E-state index contributed by atoms with van der Waals surface area (Å²) in [4.78, 5) is 8.24. The van der Waals surface area contributed by atoms with Crippen LogP contribution in [0.2, 0.25) is 0 Å². The van der Waals surface area contributed by atoms with Crippen LogP contribution in [-0.4, -0.2) is 11.2 Å². The van der Waals surface area contributed by atoms with E-state index in [1.807, 2.05) is 12.1 Å². The molecule has 2 heterocycles. The molecule has 0 radical (unpaired) electrons. The second kappa shape index (κ2) is 3.29. The van der Waals surface area contributed by atoms with Crippen LogP contribution < -0.4 is 5.73 Å². The van der Waals surface area contributed by atoms with Crippen molar-refractivity contribution in [3.05, 3.63) is 42.4 Å². The van der Waals surface area contributed by atoms with Gasteiger partial charge in [-0.3, -0.25) is 0 Å². The predicted molar refractivity (Wildman–Crippen MR) is 63.0 cm³/mol. The summed E-state index contributed by atoms with van der Waals surface area (Å²) in [5.74, 6) is 0.544. The van der Waals surface area contributed by atoms with Gasteiger partial charge in [-0.2, -0.15) is 0 Å². The molecule has 1 aromatic carbocycles. The Morgan fingerprint density at radius 3 is 3.06 bits per heavy atom. The highest BCUT2D eigenvalue weighted by atomic mass is 16.3. The monoisotopic (exact) mass is 210 g/mol. The average molecular weight is 210 g/mol. The zero-order chi connectivity index (χ0) is 11.0. The number of nitrogen functional groups attached to an aromatic ring is 1. The third-order valence-corrected chi connectivity index (χ3v) is 2.27. The Morgan fingerprint density at radius 2 is 2.25 bits per heavy atom. The maximum atomic E-state index is 5.67. The number of hydrogen-bond acceptors (Lipinski definition) is 4. The molecule has 0 aliphatic carbocycles. The van der Waals surface area contributed by atoms with Gasteiger partial charge in [0.25, 0.3) is 5.89 Å². The zero-order valence-electron chi connectivity index (χ0n) is 8.34. The fourth-order valence-electron chi connectivity index (χ4n) is 1.51. The maximum absolute atomic E-state index is 5.67. The molecule has 2 aromatic rings. The molecule has 76 valence electrons. The van der Waals surface area contributed by atoms with Gasteiger partial charge in [-0.15, -0.1) is 0 Å². The quantitative estimate of drug-likeness (QED) is 0.580. The highest BCUT2D eigenvalue weighted by Crippen LogP contribution is 2.24. The molecule has 0 bridgehead atoms. The van der Waals surface area contributed by atoms with Gasteiger partial charge in [0.1, 0.15) is 11.6 Å². The molecule has 4 heteroatoms. The summed E-state index contributed by atoms with van der Waals surface area (Å²) in [6.07, 6.45) is 7.94. The second-order valence-electron chi connectivity index (χ2n) is 3.42. The minimum absolute atomic E-state index is 0.544. The SMILES string of the molecule is Nc1ccc2oc(C3=CN=[C+]C=C3)nc2c1. The number of aliphatic imine (C=N–C) groups is 1. The van der Waals surface area contributed by atoms with Crippen molar-refractivity contribution in [2.75, 3.05) is 5.73 Å². The highest BCUT2D eigenvalue weighted by molar-refractivity contribution is 5.85. The largest absolute Gasteiger partial charge is 0.434 e. The average Bonchev–Trinajstić information content (AvgIpc) is 2.73. The number of fused-ring (bicyclic) bond motifs is 1. The van der Waals surface area contributed by atoms with Gasteiger partial charge in [0, 0.05) is 5.69 Å². The molecule has 0 atom stereocenters. The van der Waals surface area contributed by atoms with Crippen molar-refractivity contribution in [2.45, 2.75) is 0 Å². The molecule has 0 spiro atoms. The van der Waals surface area contributed by atoms with Crippen LogP contribution >= 0.6 is 0 Å². The number of benzene rings is 1. The van der Waals surface area contributed by atoms with Crippen molar-refractivity contribution >= 4 is 28.6 Å². The first-order valence-electron chi connectivity index (χ1n) is 4.81. The summed E-state index contributed by atoms with van der Waals surface area (Å²) >= 11 is 0. The summed E-state index contributed by atoms with van der Waals surface area (Å²) in [6, 6.07) is 5.38. The number of aromatic nitrogens is 1. The van der Waals surface area contributed by atoms with Crippen molar-refractivity contribution in [1.29, 1.82) is 0 Å². The first-order valence-corrected chi connectivity index (χ1v) is 4.81. The van der Waals surface area contributed by atoms with E-state index in [9.17, 15) is 0 Å². The van der Waals surface area contributed by atoms with E-state index in [0.717, 1.165) is 16.7 Å². The van der Waals surface area contributed by atoms with Crippen LogP contribution in [0.5, 0.6) is 0 Å². The van der Waals surface area contributed by atoms with E-state index in [4.69, 9.17) is 10.2 Å². The Hall–Kier alpha value is -2.45. The smallest absolute Gasteiger partial charge is 0.256 e. The van der Waals surface area contributed by atoms with Crippen LogP contribution in [0.25, 0.3) is 16.7 Å². The molecular formula is C12H8N3O+. The maximum Gasteiger partial charge on any atom is 0.256 e. The number of oxazole rings is 1. The van der Waals surface area contributed by atoms with E-state index in [-0.39, 0.29) is 0 Å². The molecule has 1 aliphatic heterocycles. The second-order valence-corrected chi connectivity index (χ2v) is 3.42. The lowest BCUT2D eigenvalue weighted by Gasteiger charge is -1.88. The molecular weight excluding hydrogens is 202 g/mol. The first kappa shape index (κ1) is 8.83. The Labute approximate surface area is 91.8 Å². The third-order valence-electron chi connectivity index (χ3n) is 2.27. The Kier molecular flexibility index (Phi) is 1.82. The molecule has 4 nitrogen and oxygen atoms in total. The van der Waals surface area contributed by atoms with Gasteiger partial charge in [-0.05, 0) is 18.2 Å². The van der Waals surface area contributed by atoms with E-state index in [2.05, 4.69) is 16.2 Å². The van der Waals surface area contributed by atoms with E-state index in [1.54, 1.807) is 24.4 Å². The van der Waals surface area contributed by atoms with Gasteiger partial charge >= 0.3 is 0 Å². The fourth-order valence-corrected chi connectivity index (χ4v) is 1.51. The number of anilines is 1. The lowest BCUT2D eigenvalue weighted by Crippen LogP contribution is -1.84. The van der Waals surface area contributed by atoms with Gasteiger partial charge in [0.15, 0.2) is 23.6 Å². The molecule has 3 rings (SSSR count). The molecule has 16 heavy (non-hydrogen) atoms.